The molecular formula is C16H22N2. The maximum atomic E-state index is 9.45. The van der Waals surface area contributed by atoms with Gasteiger partial charge in [-0.3, -0.25) is 0 Å². The van der Waals surface area contributed by atoms with Crippen molar-refractivity contribution in [1.29, 1.82) is 5.26 Å². The highest BCUT2D eigenvalue weighted by molar-refractivity contribution is 5.36. The number of nitrogens with zero attached hydrogens (tertiary/aromatic N) is 1. The van der Waals surface area contributed by atoms with Crippen LogP contribution in [0.1, 0.15) is 38.7 Å². The molecule has 0 bridgehead atoms. The molecule has 1 atom stereocenters. The van der Waals surface area contributed by atoms with Gasteiger partial charge in [0.25, 0.3) is 0 Å². The minimum absolute atomic E-state index is 0.242. The summed E-state index contributed by atoms with van der Waals surface area (Å²) in [6, 6.07) is 13.2. The van der Waals surface area contributed by atoms with Crippen molar-refractivity contribution in [1.82, 2.24) is 5.32 Å². The molecule has 18 heavy (non-hydrogen) atoms. The summed E-state index contributed by atoms with van der Waals surface area (Å²) in [6.45, 7) is 5.55. The van der Waals surface area contributed by atoms with Gasteiger partial charge in [0.05, 0.1) is 11.5 Å². The number of nitrogens with one attached hydrogen (secondary N) is 1. The number of hydrogen-bond donors (Lipinski definition) is 1. The van der Waals surface area contributed by atoms with Crippen LogP contribution in [0.25, 0.3) is 0 Å². The largest absolute Gasteiger partial charge is 0.314 e. The fraction of sp³-hybridized carbons (Fsp3) is 0.562. The lowest BCUT2D eigenvalue weighted by Crippen LogP contribution is -2.51. The average Bonchev–Trinajstić information content (AvgIpc) is 2.38. The fourth-order valence-electron chi connectivity index (χ4n) is 2.59. The van der Waals surface area contributed by atoms with Crippen molar-refractivity contribution in [3.8, 4) is 6.07 Å². The lowest BCUT2D eigenvalue weighted by Gasteiger charge is -2.43. The Morgan fingerprint density at radius 2 is 2.06 bits per heavy atom. The van der Waals surface area contributed by atoms with E-state index in [0.717, 1.165) is 25.3 Å². The van der Waals surface area contributed by atoms with E-state index in [1.54, 1.807) is 0 Å². The highest BCUT2D eigenvalue weighted by Crippen LogP contribution is 2.43. The molecule has 1 unspecified atom stereocenters. The van der Waals surface area contributed by atoms with Crippen molar-refractivity contribution < 1.29 is 0 Å². The molecule has 0 amide bonds. The molecule has 1 fully saturated rings. The minimum atomic E-state index is -0.242. The average molecular weight is 242 g/mol. The zero-order valence-corrected chi connectivity index (χ0v) is 11.3. The highest BCUT2D eigenvalue weighted by Gasteiger charge is 2.45. The van der Waals surface area contributed by atoms with Crippen LogP contribution in [0.2, 0.25) is 0 Å². The third-order valence-electron chi connectivity index (χ3n) is 4.18. The van der Waals surface area contributed by atoms with Gasteiger partial charge in [-0.1, -0.05) is 50.6 Å². The second kappa shape index (κ2) is 5.54. The van der Waals surface area contributed by atoms with E-state index in [4.69, 9.17) is 0 Å². The molecule has 2 heteroatoms. The van der Waals surface area contributed by atoms with Gasteiger partial charge in [-0.15, -0.1) is 0 Å². The normalized spacial score (nSPS) is 28.2. The molecule has 2 rings (SSSR count). The molecule has 1 aromatic carbocycles. The van der Waals surface area contributed by atoms with Crippen molar-refractivity contribution in [2.45, 2.75) is 44.6 Å². The topological polar surface area (TPSA) is 35.8 Å². The summed E-state index contributed by atoms with van der Waals surface area (Å²) in [5.74, 6) is 0.721. The Morgan fingerprint density at radius 1 is 1.39 bits per heavy atom. The van der Waals surface area contributed by atoms with Crippen LogP contribution in [0.5, 0.6) is 0 Å². The van der Waals surface area contributed by atoms with Gasteiger partial charge in [0.15, 0.2) is 0 Å². The van der Waals surface area contributed by atoms with Crippen molar-refractivity contribution >= 4 is 0 Å². The number of rotatable bonds is 5. The third kappa shape index (κ3) is 2.57. The van der Waals surface area contributed by atoms with Gasteiger partial charge in [-0.2, -0.15) is 5.26 Å². The zero-order chi connectivity index (χ0) is 13.0. The summed E-state index contributed by atoms with van der Waals surface area (Å²) in [6.07, 6.45) is 3.11. The standard InChI is InChI=1S/C16H22N2/c1-3-13(2)11-18-15-9-16(10-15,12-17)14-7-5-4-6-8-14/h4-8,13,15,18H,3,9-11H2,1-2H3. The smallest absolute Gasteiger partial charge is 0.0852 e. The molecule has 0 saturated heterocycles. The molecule has 1 saturated carbocycles. The van der Waals surface area contributed by atoms with Crippen LogP contribution in [-0.4, -0.2) is 12.6 Å². The van der Waals surface area contributed by atoms with E-state index < -0.39 is 0 Å². The van der Waals surface area contributed by atoms with Crippen molar-refractivity contribution in [2.24, 2.45) is 5.92 Å². The second-order valence-electron chi connectivity index (χ2n) is 5.59. The Labute approximate surface area is 110 Å². The van der Waals surface area contributed by atoms with Gasteiger partial charge in [-0.05, 0) is 30.9 Å². The fourth-order valence-corrected chi connectivity index (χ4v) is 2.59. The van der Waals surface area contributed by atoms with Crippen LogP contribution in [0.3, 0.4) is 0 Å². The van der Waals surface area contributed by atoms with Crippen molar-refractivity contribution in [3.05, 3.63) is 35.9 Å². The minimum Gasteiger partial charge on any atom is -0.314 e. The first-order valence-electron chi connectivity index (χ1n) is 6.90. The predicted octanol–water partition coefficient (Wildman–Crippen LogP) is 3.25. The SMILES string of the molecule is CCC(C)CNC1CC(C#N)(c2ccccc2)C1. The summed E-state index contributed by atoms with van der Waals surface area (Å²) < 4.78 is 0. The molecule has 0 aliphatic heterocycles. The molecule has 2 nitrogen and oxygen atoms in total. The van der Waals surface area contributed by atoms with Gasteiger partial charge in [0.1, 0.15) is 0 Å². The monoisotopic (exact) mass is 242 g/mol. The van der Waals surface area contributed by atoms with E-state index in [1.165, 1.54) is 12.0 Å². The summed E-state index contributed by atoms with van der Waals surface area (Å²) >= 11 is 0. The van der Waals surface area contributed by atoms with Gasteiger partial charge < -0.3 is 5.32 Å². The Kier molecular flexibility index (Phi) is 4.04. The van der Waals surface area contributed by atoms with Crippen LogP contribution in [-0.2, 0) is 5.41 Å². The number of hydrogen-bond acceptors (Lipinski definition) is 2. The molecule has 0 radical (unpaired) electrons. The first kappa shape index (κ1) is 13.1. The first-order valence-corrected chi connectivity index (χ1v) is 6.90. The Hall–Kier alpha value is -1.33. The molecule has 0 spiro atoms. The molecule has 1 aliphatic rings. The number of benzene rings is 1. The van der Waals surface area contributed by atoms with Gasteiger partial charge >= 0.3 is 0 Å². The van der Waals surface area contributed by atoms with Gasteiger partial charge in [0, 0.05) is 6.04 Å². The van der Waals surface area contributed by atoms with Crippen LogP contribution >= 0.6 is 0 Å². The molecule has 1 aliphatic carbocycles. The van der Waals surface area contributed by atoms with E-state index in [0.29, 0.717) is 6.04 Å². The molecular weight excluding hydrogens is 220 g/mol. The quantitative estimate of drug-likeness (QED) is 0.860. The van der Waals surface area contributed by atoms with Crippen LogP contribution in [0.15, 0.2) is 30.3 Å². The highest BCUT2D eigenvalue weighted by atomic mass is 14.9. The lowest BCUT2D eigenvalue weighted by molar-refractivity contribution is 0.219. The molecule has 1 aromatic rings. The molecule has 1 N–H and O–H groups in total. The van der Waals surface area contributed by atoms with E-state index >= 15 is 0 Å². The van der Waals surface area contributed by atoms with E-state index in [9.17, 15) is 5.26 Å². The summed E-state index contributed by atoms with van der Waals surface area (Å²) in [7, 11) is 0. The van der Waals surface area contributed by atoms with Gasteiger partial charge in [-0.25, -0.2) is 0 Å². The molecule has 0 heterocycles. The summed E-state index contributed by atoms with van der Waals surface area (Å²) in [4.78, 5) is 0. The number of nitriles is 1. The Bertz CT molecular complexity index is 412. The molecule has 96 valence electrons. The Morgan fingerprint density at radius 3 is 2.61 bits per heavy atom. The zero-order valence-electron chi connectivity index (χ0n) is 11.3. The van der Waals surface area contributed by atoms with Crippen molar-refractivity contribution in [2.75, 3.05) is 6.54 Å². The molecule has 0 aromatic heterocycles. The van der Waals surface area contributed by atoms with Crippen molar-refractivity contribution in [3.63, 3.8) is 0 Å². The van der Waals surface area contributed by atoms with Gasteiger partial charge in [0.2, 0.25) is 0 Å². The maximum Gasteiger partial charge on any atom is 0.0852 e. The summed E-state index contributed by atoms with van der Waals surface area (Å²) in [5, 5.41) is 13.0. The summed E-state index contributed by atoms with van der Waals surface area (Å²) in [5.41, 5.74) is 0.933. The third-order valence-corrected chi connectivity index (χ3v) is 4.18. The van der Waals surface area contributed by atoms with E-state index in [-0.39, 0.29) is 5.41 Å². The lowest BCUT2D eigenvalue weighted by atomic mass is 9.62. The Balaban J connectivity index is 1.91. The van der Waals surface area contributed by atoms with E-state index in [2.05, 4.69) is 37.4 Å². The van der Waals surface area contributed by atoms with E-state index in [1.807, 2.05) is 18.2 Å². The second-order valence-corrected chi connectivity index (χ2v) is 5.59. The predicted molar refractivity (Wildman–Crippen MR) is 74.2 cm³/mol. The van der Waals surface area contributed by atoms with Crippen LogP contribution < -0.4 is 5.32 Å². The maximum absolute atomic E-state index is 9.45. The first-order chi connectivity index (χ1) is 8.70. The van der Waals surface area contributed by atoms with Crippen LogP contribution in [0.4, 0.5) is 0 Å². The van der Waals surface area contributed by atoms with Crippen LogP contribution in [0, 0.1) is 17.2 Å².